The topological polar surface area (TPSA) is 92.8 Å². The van der Waals surface area contributed by atoms with E-state index in [0.29, 0.717) is 11.5 Å². The summed E-state index contributed by atoms with van der Waals surface area (Å²) in [5, 5.41) is 3.07. The Labute approximate surface area is 117 Å². The van der Waals surface area contributed by atoms with Gasteiger partial charge in [-0.25, -0.2) is 15.0 Å². The molecule has 0 aliphatic heterocycles. The third-order valence-corrected chi connectivity index (χ3v) is 2.56. The van der Waals surface area contributed by atoms with Gasteiger partial charge < -0.3 is 9.72 Å². The summed E-state index contributed by atoms with van der Waals surface area (Å²) in [5.74, 6) is 0.421. The molecule has 0 aliphatic rings. The Hall–Kier alpha value is -2.02. The second-order valence-electron chi connectivity index (χ2n) is 5.57. The zero-order valence-corrected chi connectivity index (χ0v) is 12.1. The molecule has 1 atom stereocenters. The third kappa shape index (κ3) is 3.74. The number of H-pyrrole nitrogens is 1. The van der Waals surface area contributed by atoms with Crippen molar-refractivity contribution in [3.63, 3.8) is 0 Å². The van der Waals surface area contributed by atoms with E-state index in [1.807, 2.05) is 27.7 Å². The van der Waals surface area contributed by atoms with Crippen LogP contribution in [0.3, 0.4) is 0 Å². The summed E-state index contributed by atoms with van der Waals surface area (Å²) in [7, 11) is 0. The highest BCUT2D eigenvalue weighted by atomic mass is 16.6. The molecule has 7 nitrogen and oxygen atoms in total. The van der Waals surface area contributed by atoms with Crippen molar-refractivity contribution in [1.82, 2.24) is 25.3 Å². The number of aromatic nitrogens is 4. The normalized spacial score (nSPS) is 13.4. The first-order valence-electron chi connectivity index (χ1n) is 6.46. The van der Waals surface area contributed by atoms with Crippen molar-refractivity contribution in [2.75, 3.05) is 6.54 Å². The fraction of sp³-hybridized carbons (Fsp3) is 0.538. The summed E-state index contributed by atoms with van der Waals surface area (Å²) in [6.07, 6.45) is 3.12. The number of hydrogen-bond acceptors (Lipinski definition) is 6. The second kappa shape index (κ2) is 5.54. The van der Waals surface area contributed by atoms with Crippen LogP contribution in [0.25, 0.3) is 11.2 Å². The molecule has 0 radical (unpaired) electrons. The largest absolute Gasteiger partial charge is 0.459 e. The van der Waals surface area contributed by atoms with Crippen LogP contribution in [-0.2, 0) is 9.53 Å². The van der Waals surface area contributed by atoms with Crippen molar-refractivity contribution in [2.24, 2.45) is 0 Å². The number of ether oxygens (including phenoxy) is 1. The molecular weight excluding hydrogens is 258 g/mol. The molecule has 0 fully saturated rings. The highest BCUT2D eigenvalue weighted by molar-refractivity contribution is 5.72. The van der Waals surface area contributed by atoms with Crippen LogP contribution >= 0.6 is 0 Å². The van der Waals surface area contributed by atoms with Crippen molar-refractivity contribution in [3.8, 4) is 0 Å². The Morgan fingerprint density at radius 3 is 2.90 bits per heavy atom. The number of carbonyl (C=O) groups excluding carboxylic acids is 1. The van der Waals surface area contributed by atoms with Crippen LogP contribution in [0.2, 0.25) is 0 Å². The summed E-state index contributed by atoms with van der Waals surface area (Å²) in [6.45, 7) is 7.56. The van der Waals surface area contributed by atoms with Crippen LogP contribution in [0.15, 0.2) is 12.5 Å². The van der Waals surface area contributed by atoms with Gasteiger partial charge in [-0.2, -0.15) is 0 Å². The molecule has 2 rings (SSSR count). The van der Waals surface area contributed by atoms with Crippen molar-refractivity contribution >= 4 is 17.1 Å². The molecule has 0 saturated carbocycles. The van der Waals surface area contributed by atoms with E-state index in [1.54, 1.807) is 6.20 Å². The first kappa shape index (κ1) is 14.4. The van der Waals surface area contributed by atoms with Gasteiger partial charge in [-0.1, -0.05) is 0 Å². The second-order valence-corrected chi connectivity index (χ2v) is 5.57. The number of nitrogens with one attached hydrogen (secondary N) is 2. The van der Waals surface area contributed by atoms with Crippen LogP contribution in [-0.4, -0.2) is 38.1 Å². The van der Waals surface area contributed by atoms with Gasteiger partial charge in [0.15, 0.2) is 5.65 Å². The number of hydrogen-bond donors (Lipinski definition) is 2. The number of aromatic amines is 1. The molecule has 0 amide bonds. The SMILES string of the molecule is CC(NCC(=O)OC(C)(C)C)c1nc2ncncc2[nH]1. The van der Waals surface area contributed by atoms with Crippen LogP contribution in [0.5, 0.6) is 0 Å². The Balaban J connectivity index is 1.95. The lowest BCUT2D eigenvalue weighted by molar-refractivity contribution is -0.153. The molecule has 0 saturated heterocycles. The molecule has 2 N–H and O–H groups in total. The van der Waals surface area contributed by atoms with Crippen LogP contribution in [0.4, 0.5) is 0 Å². The lowest BCUT2D eigenvalue weighted by atomic mass is 10.2. The molecule has 7 heteroatoms. The van der Waals surface area contributed by atoms with E-state index < -0.39 is 5.60 Å². The summed E-state index contributed by atoms with van der Waals surface area (Å²) in [5.41, 5.74) is 0.908. The van der Waals surface area contributed by atoms with Gasteiger partial charge in [-0.05, 0) is 27.7 Å². The van der Waals surface area contributed by atoms with Gasteiger partial charge in [0.25, 0.3) is 0 Å². The maximum atomic E-state index is 11.6. The molecular formula is C13H19N5O2. The number of carbonyl (C=O) groups is 1. The standard InChI is InChI=1S/C13H19N5O2/c1-8(15-6-10(19)20-13(2,3)4)11-17-9-5-14-7-16-12(9)18-11/h5,7-8,15H,6H2,1-4H3,(H,14,16,17,18). The van der Waals surface area contributed by atoms with Gasteiger partial charge in [-0.3, -0.25) is 10.1 Å². The van der Waals surface area contributed by atoms with E-state index in [2.05, 4.69) is 25.3 Å². The maximum Gasteiger partial charge on any atom is 0.320 e. The zero-order valence-electron chi connectivity index (χ0n) is 12.1. The van der Waals surface area contributed by atoms with Crippen molar-refractivity contribution in [2.45, 2.75) is 39.3 Å². The number of fused-ring (bicyclic) bond motifs is 1. The first-order chi connectivity index (χ1) is 9.35. The Morgan fingerprint density at radius 1 is 1.50 bits per heavy atom. The van der Waals surface area contributed by atoms with Gasteiger partial charge >= 0.3 is 5.97 Å². The van der Waals surface area contributed by atoms with E-state index in [-0.39, 0.29) is 18.6 Å². The van der Waals surface area contributed by atoms with Crippen molar-refractivity contribution in [1.29, 1.82) is 0 Å². The number of rotatable bonds is 4. The van der Waals surface area contributed by atoms with Gasteiger partial charge in [0.1, 0.15) is 23.3 Å². The molecule has 1 unspecified atom stereocenters. The number of nitrogens with zero attached hydrogens (tertiary/aromatic N) is 3. The van der Waals surface area contributed by atoms with Gasteiger partial charge in [0, 0.05) is 0 Å². The smallest absolute Gasteiger partial charge is 0.320 e. The van der Waals surface area contributed by atoms with E-state index in [0.717, 1.165) is 5.52 Å². The molecule has 2 aromatic heterocycles. The molecule has 0 spiro atoms. The molecule has 20 heavy (non-hydrogen) atoms. The predicted molar refractivity (Wildman–Crippen MR) is 73.9 cm³/mol. The zero-order chi connectivity index (χ0) is 14.8. The fourth-order valence-electron chi connectivity index (χ4n) is 1.70. The average Bonchev–Trinajstić information content (AvgIpc) is 2.77. The van der Waals surface area contributed by atoms with E-state index in [4.69, 9.17) is 4.74 Å². The Bertz CT molecular complexity index is 569. The van der Waals surface area contributed by atoms with Crippen molar-refractivity contribution < 1.29 is 9.53 Å². The van der Waals surface area contributed by atoms with Gasteiger partial charge in [-0.15, -0.1) is 0 Å². The van der Waals surface area contributed by atoms with Gasteiger partial charge in [0.05, 0.1) is 18.8 Å². The lowest BCUT2D eigenvalue weighted by Crippen LogP contribution is -2.33. The maximum absolute atomic E-state index is 11.6. The molecule has 2 heterocycles. The van der Waals surface area contributed by atoms with E-state index in [1.165, 1.54) is 6.33 Å². The molecule has 2 aromatic rings. The molecule has 0 bridgehead atoms. The van der Waals surface area contributed by atoms with Crippen molar-refractivity contribution in [3.05, 3.63) is 18.3 Å². The quantitative estimate of drug-likeness (QED) is 0.819. The third-order valence-electron chi connectivity index (χ3n) is 2.56. The van der Waals surface area contributed by atoms with E-state index in [9.17, 15) is 4.79 Å². The van der Waals surface area contributed by atoms with Crippen LogP contribution < -0.4 is 5.32 Å². The number of esters is 1. The molecule has 0 aliphatic carbocycles. The fourth-order valence-corrected chi connectivity index (χ4v) is 1.70. The summed E-state index contributed by atoms with van der Waals surface area (Å²) in [4.78, 5) is 27.1. The molecule has 108 valence electrons. The predicted octanol–water partition coefficient (Wildman–Crippen LogP) is 1.35. The lowest BCUT2D eigenvalue weighted by Gasteiger charge is -2.20. The minimum absolute atomic E-state index is 0.114. The monoisotopic (exact) mass is 277 g/mol. The highest BCUT2D eigenvalue weighted by Crippen LogP contribution is 2.13. The Morgan fingerprint density at radius 2 is 2.25 bits per heavy atom. The van der Waals surface area contributed by atoms with Gasteiger partial charge in [0.2, 0.25) is 0 Å². The number of imidazole rings is 1. The average molecular weight is 277 g/mol. The van der Waals surface area contributed by atoms with Crippen LogP contribution in [0.1, 0.15) is 39.6 Å². The van der Waals surface area contributed by atoms with E-state index >= 15 is 0 Å². The van der Waals surface area contributed by atoms with Crippen LogP contribution in [0, 0.1) is 0 Å². The summed E-state index contributed by atoms with van der Waals surface area (Å²) < 4.78 is 5.23. The molecule has 0 aromatic carbocycles. The minimum atomic E-state index is -0.475. The highest BCUT2D eigenvalue weighted by Gasteiger charge is 2.18. The summed E-state index contributed by atoms with van der Waals surface area (Å²) >= 11 is 0. The first-order valence-corrected chi connectivity index (χ1v) is 6.46. The minimum Gasteiger partial charge on any atom is -0.459 e. The Kier molecular flexibility index (Phi) is 3.99. The summed E-state index contributed by atoms with van der Waals surface area (Å²) in [6, 6.07) is -0.114.